The topological polar surface area (TPSA) is 86.3 Å². The van der Waals surface area contributed by atoms with Gasteiger partial charge in [-0.05, 0) is 33.1 Å². The molecule has 1 atom stereocenters. The molecule has 112 valence electrons. The molecule has 2 N–H and O–H groups in total. The van der Waals surface area contributed by atoms with Crippen molar-refractivity contribution in [1.29, 1.82) is 0 Å². The van der Waals surface area contributed by atoms with E-state index in [1.165, 1.54) is 0 Å². The standard InChI is InChI=1S/C13H23N5O2/c1-13(2,3)20-12(19)17-5-4-10(7-17)8-18-9-11(6-14)15-16-18/h9-10H,4-8,14H2,1-3H3. The Morgan fingerprint density at radius 1 is 1.55 bits per heavy atom. The van der Waals surface area contributed by atoms with Crippen molar-refractivity contribution in [2.75, 3.05) is 13.1 Å². The molecule has 1 aromatic heterocycles. The molecule has 0 saturated carbocycles. The van der Waals surface area contributed by atoms with Gasteiger partial charge >= 0.3 is 6.09 Å². The minimum absolute atomic E-state index is 0.235. The lowest BCUT2D eigenvalue weighted by atomic mass is 10.1. The minimum atomic E-state index is -0.447. The zero-order valence-corrected chi connectivity index (χ0v) is 12.4. The highest BCUT2D eigenvalue weighted by atomic mass is 16.6. The SMILES string of the molecule is CC(C)(C)OC(=O)N1CCC(Cn2cc(CN)nn2)C1. The van der Waals surface area contributed by atoms with Crippen molar-refractivity contribution in [1.82, 2.24) is 19.9 Å². The summed E-state index contributed by atoms with van der Waals surface area (Å²) in [5.74, 6) is 0.384. The van der Waals surface area contributed by atoms with Gasteiger partial charge in [0.2, 0.25) is 0 Å². The molecule has 2 heterocycles. The molecule has 7 heteroatoms. The van der Waals surface area contributed by atoms with Crippen molar-refractivity contribution in [2.45, 2.75) is 45.9 Å². The van der Waals surface area contributed by atoms with E-state index in [1.54, 1.807) is 9.58 Å². The Bertz CT molecular complexity index is 466. The first-order chi connectivity index (χ1) is 9.37. The second-order valence-corrected chi connectivity index (χ2v) is 6.22. The van der Waals surface area contributed by atoms with Gasteiger partial charge < -0.3 is 15.4 Å². The first kappa shape index (κ1) is 14.8. The molecule has 0 aromatic carbocycles. The number of carbonyl (C=O) groups is 1. The average molecular weight is 281 g/mol. The third kappa shape index (κ3) is 3.93. The summed E-state index contributed by atoms with van der Waals surface area (Å²) in [7, 11) is 0. The van der Waals surface area contributed by atoms with Gasteiger partial charge in [-0.2, -0.15) is 0 Å². The van der Waals surface area contributed by atoms with Crippen LogP contribution in [0.1, 0.15) is 32.9 Å². The summed E-state index contributed by atoms with van der Waals surface area (Å²) in [5, 5.41) is 7.99. The van der Waals surface area contributed by atoms with E-state index in [9.17, 15) is 4.79 Å². The van der Waals surface area contributed by atoms with Crippen LogP contribution in [-0.2, 0) is 17.8 Å². The number of amides is 1. The number of carbonyl (C=O) groups excluding carboxylic acids is 1. The summed E-state index contributed by atoms with van der Waals surface area (Å²) < 4.78 is 7.17. The molecule has 2 rings (SSSR count). The van der Waals surface area contributed by atoms with Crippen LogP contribution in [0.25, 0.3) is 0 Å². The zero-order valence-electron chi connectivity index (χ0n) is 12.4. The van der Waals surface area contributed by atoms with Crippen LogP contribution in [0.2, 0.25) is 0 Å². The molecular weight excluding hydrogens is 258 g/mol. The van der Waals surface area contributed by atoms with Gasteiger partial charge in [-0.15, -0.1) is 5.10 Å². The molecule has 1 aliphatic rings. The van der Waals surface area contributed by atoms with Crippen LogP contribution in [0.15, 0.2) is 6.20 Å². The number of ether oxygens (including phenoxy) is 1. The number of likely N-dealkylation sites (tertiary alicyclic amines) is 1. The van der Waals surface area contributed by atoms with Crippen LogP contribution in [0.5, 0.6) is 0 Å². The molecule has 0 radical (unpaired) electrons. The maximum atomic E-state index is 12.0. The van der Waals surface area contributed by atoms with Crippen LogP contribution in [-0.4, -0.2) is 44.7 Å². The highest BCUT2D eigenvalue weighted by molar-refractivity contribution is 5.68. The van der Waals surface area contributed by atoms with Crippen LogP contribution < -0.4 is 5.73 Å². The molecular formula is C13H23N5O2. The van der Waals surface area contributed by atoms with Crippen LogP contribution in [0.3, 0.4) is 0 Å². The van der Waals surface area contributed by atoms with E-state index in [0.717, 1.165) is 25.2 Å². The zero-order chi connectivity index (χ0) is 14.8. The number of rotatable bonds is 3. The van der Waals surface area contributed by atoms with Gasteiger partial charge in [-0.3, -0.25) is 4.68 Å². The van der Waals surface area contributed by atoms with E-state index >= 15 is 0 Å². The summed E-state index contributed by atoms with van der Waals surface area (Å²) in [5.41, 5.74) is 5.84. The van der Waals surface area contributed by atoms with E-state index in [2.05, 4.69) is 10.3 Å². The fourth-order valence-electron chi connectivity index (χ4n) is 2.26. The van der Waals surface area contributed by atoms with Gasteiger partial charge in [0, 0.05) is 32.4 Å². The number of nitrogens with two attached hydrogens (primary N) is 1. The lowest BCUT2D eigenvalue weighted by molar-refractivity contribution is 0.0286. The Labute approximate surface area is 119 Å². The largest absolute Gasteiger partial charge is 0.444 e. The smallest absolute Gasteiger partial charge is 0.410 e. The molecule has 1 fully saturated rings. The van der Waals surface area contributed by atoms with Crippen molar-refractivity contribution in [3.63, 3.8) is 0 Å². The number of hydrogen-bond acceptors (Lipinski definition) is 5. The Kier molecular flexibility index (Phi) is 4.27. The molecule has 1 amide bonds. The van der Waals surface area contributed by atoms with Crippen molar-refractivity contribution in [3.8, 4) is 0 Å². The van der Waals surface area contributed by atoms with E-state index < -0.39 is 5.60 Å². The van der Waals surface area contributed by atoms with Crippen molar-refractivity contribution >= 4 is 6.09 Å². The van der Waals surface area contributed by atoms with Gasteiger partial charge in [0.1, 0.15) is 5.60 Å². The first-order valence-corrected chi connectivity index (χ1v) is 6.94. The van der Waals surface area contributed by atoms with Gasteiger partial charge in [0.05, 0.1) is 5.69 Å². The normalized spacial score (nSPS) is 19.4. The number of aromatic nitrogens is 3. The Morgan fingerprint density at radius 2 is 2.30 bits per heavy atom. The lowest BCUT2D eigenvalue weighted by Gasteiger charge is -2.24. The number of hydrogen-bond donors (Lipinski definition) is 1. The third-order valence-corrected chi connectivity index (χ3v) is 3.18. The number of nitrogens with zero attached hydrogens (tertiary/aromatic N) is 4. The molecule has 1 aromatic rings. The average Bonchev–Trinajstić information content (AvgIpc) is 2.96. The van der Waals surface area contributed by atoms with Gasteiger partial charge in [-0.1, -0.05) is 5.21 Å². The van der Waals surface area contributed by atoms with Crippen LogP contribution in [0.4, 0.5) is 4.79 Å². The van der Waals surface area contributed by atoms with E-state index in [0.29, 0.717) is 19.0 Å². The Balaban J connectivity index is 1.84. The molecule has 1 saturated heterocycles. The summed E-state index contributed by atoms with van der Waals surface area (Å²) in [6.45, 7) is 8.22. The summed E-state index contributed by atoms with van der Waals surface area (Å²) in [6, 6.07) is 0. The maximum absolute atomic E-state index is 12.0. The molecule has 0 bridgehead atoms. The first-order valence-electron chi connectivity index (χ1n) is 6.94. The molecule has 1 unspecified atom stereocenters. The molecule has 0 aliphatic carbocycles. The quantitative estimate of drug-likeness (QED) is 0.893. The molecule has 1 aliphatic heterocycles. The van der Waals surface area contributed by atoms with E-state index in [1.807, 2.05) is 27.0 Å². The van der Waals surface area contributed by atoms with Crippen molar-refractivity contribution in [3.05, 3.63) is 11.9 Å². The van der Waals surface area contributed by atoms with Crippen molar-refractivity contribution in [2.24, 2.45) is 11.7 Å². The highest BCUT2D eigenvalue weighted by Crippen LogP contribution is 2.20. The second kappa shape index (κ2) is 5.78. The monoisotopic (exact) mass is 281 g/mol. The third-order valence-electron chi connectivity index (χ3n) is 3.18. The summed E-state index contributed by atoms with van der Waals surface area (Å²) in [4.78, 5) is 13.7. The Morgan fingerprint density at radius 3 is 2.90 bits per heavy atom. The van der Waals surface area contributed by atoms with E-state index in [4.69, 9.17) is 10.5 Å². The maximum Gasteiger partial charge on any atom is 0.410 e. The van der Waals surface area contributed by atoms with Gasteiger partial charge in [0.25, 0.3) is 0 Å². The molecule has 0 spiro atoms. The minimum Gasteiger partial charge on any atom is -0.444 e. The van der Waals surface area contributed by atoms with E-state index in [-0.39, 0.29) is 6.09 Å². The van der Waals surface area contributed by atoms with Crippen molar-refractivity contribution < 1.29 is 9.53 Å². The summed E-state index contributed by atoms with van der Waals surface area (Å²) in [6.07, 6.45) is 2.58. The predicted molar refractivity (Wildman–Crippen MR) is 73.8 cm³/mol. The highest BCUT2D eigenvalue weighted by Gasteiger charge is 2.30. The fraction of sp³-hybridized carbons (Fsp3) is 0.769. The molecule has 7 nitrogen and oxygen atoms in total. The van der Waals surface area contributed by atoms with Gasteiger partial charge in [-0.25, -0.2) is 4.79 Å². The lowest BCUT2D eigenvalue weighted by Crippen LogP contribution is -2.35. The predicted octanol–water partition coefficient (Wildman–Crippen LogP) is 0.994. The van der Waals surface area contributed by atoms with Crippen LogP contribution in [0, 0.1) is 5.92 Å². The Hall–Kier alpha value is -1.63. The second-order valence-electron chi connectivity index (χ2n) is 6.22. The summed E-state index contributed by atoms with van der Waals surface area (Å²) >= 11 is 0. The van der Waals surface area contributed by atoms with Crippen LogP contribution >= 0.6 is 0 Å². The molecule has 20 heavy (non-hydrogen) atoms. The van der Waals surface area contributed by atoms with Gasteiger partial charge in [0.15, 0.2) is 0 Å². The fourth-order valence-corrected chi connectivity index (χ4v) is 2.26.